The van der Waals surface area contributed by atoms with Gasteiger partial charge in [0.25, 0.3) is 11.8 Å². The fourth-order valence-corrected chi connectivity index (χ4v) is 1.17. The maximum atomic E-state index is 10.8. The maximum absolute atomic E-state index is 10.8. The van der Waals surface area contributed by atoms with Crippen LogP contribution in [-0.2, 0) is 4.84 Å². The topological polar surface area (TPSA) is 147 Å². The van der Waals surface area contributed by atoms with Gasteiger partial charge in [0, 0.05) is 0 Å². The Kier molecular flexibility index (Phi) is 2.77. The number of aliphatic hydroxyl groups excluding tert-OH is 3. The van der Waals surface area contributed by atoms with Gasteiger partial charge in [-0.05, 0) is 0 Å². The van der Waals surface area contributed by atoms with Gasteiger partial charge in [0.05, 0.1) is 12.2 Å². The van der Waals surface area contributed by atoms with E-state index in [9.17, 15) is 15.0 Å². The van der Waals surface area contributed by atoms with E-state index in [1.807, 2.05) is 0 Å². The number of rotatable bonds is 3. The van der Waals surface area contributed by atoms with Gasteiger partial charge in [-0.3, -0.25) is 4.79 Å². The predicted octanol–water partition coefficient (Wildman–Crippen LogP) is -1.58. The summed E-state index contributed by atoms with van der Waals surface area (Å²) < 4.78 is 0. The standard InChI is InChI=1S/C8H9N5O5/c9-6(16)7-10-3-12(11-7)13-8(17)5(15)4(1-14)2-18-13/h2-3,14-15,17H,1H2,(H2,9,16). The number of carbonyl (C=O) groups is 1. The molecule has 0 spiro atoms. The van der Waals surface area contributed by atoms with E-state index in [4.69, 9.17) is 15.7 Å². The molecule has 0 saturated carbocycles. The van der Waals surface area contributed by atoms with Crippen molar-refractivity contribution < 1.29 is 25.0 Å². The zero-order valence-corrected chi connectivity index (χ0v) is 8.89. The normalized spacial score (nSPS) is 15.4. The zero-order valence-electron chi connectivity index (χ0n) is 8.89. The average Bonchev–Trinajstić information content (AvgIpc) is 2.82. The van der Waals surface area contributed by atoms with Gasteiger partial charge in [-0.1, -0.05) is 5.17 Å². The summed E-state index contributed by atoms with van der Waals surface area (Å²) in [6.45, 7) is -0.520. The van der Waals surface area contributed by atoms with Crippen molar-refractivity contribution in [2.24, 2.45) is 5.73 Å². The van der Waals surface area contributed by atoms with Crippen LogP contribution in [0.3, 0.4) is 0 Å². The molecule has 96 valence electrons. The number of carbonyl (C=O) groups excluding carboxylic acids is 1. The third kappa shape index (κ3) is 1.80. The van der Waals surface area contributed by atoms with Crippen LogP contribution in [0, 0.1) is 0 Å². The van der Waals surface area contributed by atoms with Gasteiger partial charge < -0.3 is 25.9 Å². The first-order valence-corrected chi connectivity index (χ1v) is 4.65. The van der Waals surface area contributed by atoms with Gasteiger partial charge in [-0.2, -0.15) is 0 Å². The smallest absolute Gasteiger partial charge is 0.290 e. The van der Waals surface area contributed by atoms with E-state index in [0.717, 1.165) is 17.4 Å². The first-order valence-electron chi connectivity index (χ1n) is 4.65. The van der Waals surface area contributed by atoms with Crippen molar-refractivity contribution >= 4 is 5.91 Å². The van der Waals surface area contributed by atoms with Crippen molar-refractivity contribution in [1.29, 1.82) is 0 Å². The van der Waals surface area contributed by atoms with Crippen molar-refractivity contribution in [3.8, 4) is 0 Å². The highest BCUT2D eigenvalue weighted by Gasteiger charge is 2.25. The molecule has 1 aliphatic heterocycles. The molecular formula is C8H9N5O5. The Morgan fingerprint density at radius 1 is 1.50 bits per heavy atom. The van der Waals surface area contributed by atoms with Crippen molar-refractivity contribution in [1.82, 2.24) is 14.9 Å². The number of hydroxylamine groups is 1. The molecule has 18 heavy (non-hydrogen) atoms. The van der Waals surface area contributed by atoms with Crippen LogP contribution in [-0.4, -0.2) is 42.7 Å². The second kappa shape index (κ2) is 4.25. The molecule has 10 nitrogen and oxygen atoms in total. The van der Waals surface area contributed by atoms with E-state index in [1.165, 1.54) is 0 Å². The van der Waals surface area contributed by atoms with Gasteiger partial charge in [0.2, 0.25) is 5.82 Å². The Bertz CT molecular complexity index is 548. The van der Waals surface area contributed by atoms with Crippen molar-refractivity contribution in [3.05, 3.63) is 35.6 Å². The molecule has 0 radical (unpaired) electrons. The number of hydrogen-bond acceptors (Lipinski definition) is 8. The third-order valence-corrected chi connectivity index (χ3v) is 2.05. The summed E-state index contributed by atoms with van der Waals surface area (Å²) in [5, 5.41) is 32.2. The average molecular weight is 255 g/mol. The lowest BCUT2D eigenvalue weighted by Gasteiger charge is -2.24. The van der Waals surface area contributed by atoms with Crippen LogP contribution in [0.5, 0.6) is 0 Å². The third-order valence-electron chi connectivity index (χ3n) is 2.05. The molecule has 0 bridgehead atoms. The monoisotopic (exact) mass is 255 g/mol. The molecule has 2 heterocycles. The quantitative estimate of drug-likeness (QED) is 0.506. The van der Waals surface area contributed by atoms with E-state index in [-0.39, 0.29) is 11.4 Å². The highest BCUT2D eigenvalue weighted by atomic mass is 16.7. The predicted molar refractivity (Wildman–Crippen MR) is 55.3 cm³/mol. The van der Waals surface area contributed by atoms with Crippen LogP contribution in [0.4, 0.5) is 0 Å². The number of aromatic nitrogens is 3. The number of aliphatic hydroxyl groups is 3. The minimum absolute atomic E-state index is 0.0148. The highest BCUT2D eigenvalue weighted by molar-refractivity contribution is 5.88. The molecule has 1 amide bonds. The molecule has 0 aromatic carbocycles. The summed E-state index contributed by atoms with van der Waals surface area (Å²) in [5.41, 5.74) is 4.94. The Balaban J connectivity index is 2.31. The number of primary amides is 1. The second-order valence-electron chi connectivity index (χ2n) is 3.20. The van der Waals surface area contributed by atoms with E-state index >= 15 is 0 Å². The van der Waals surface area contributed by atoms with Gasteiger partial charge in [-0.15, -0.1) is 9.89 Å². The van der Waals surface area contributed by atoms with E-state index in [2.05, 4.69) is 10.1 Å². The molecule has 0 saturated heterocycles. The molecule has 0 atom stereocenters. The van der Waals surface area contributed by atoms with Gasteiger partial charge in [0.15, 0.2) is 5.76 Å². The Morgan fingerprint density at radius 3 is 2.78 bits per heavy atom. The van der Waals surface area contributed by atoms with Crippen LogP contribution in [0.2, 0.25) is 0 Å². The Labute approximate surface area is 99.7 Å². The summed E-state index contributed by atoms with van der Waals surface area (Å²) in [7, 11) is 0. The summed E-state index contributed by atoms with van der Waals surface area (Å²) in [6, 6.07) is 0. The van der Waals surface area contributed by atoms with Crippen molar-refractivity contribution in [2.75, 3.05) is 11.8 Å². The fourth-order valence-electron chi connectivity index (χ4n) is 1.17. The summed E-state index contributed by atoms with van der Waals surface area (Å²) in [5.74, 6) is -2.45. The van der Waals surface area contributed by atoms with Crippen molar-refractivity contribution in [3.63, 3.8) is 0 Å². The van der Waals surface area contributed by atoms with Crippen LogP contribution < -0.4 is 10.9 Å². The molecule has 5 N–H and O–H groups in total. The van der Waals surface area contributed by atoms with E-state index in [1.54, 1.807) is 0 Å². The summed E-state index contributed by atoms with van der Waals surface area (Å²) in [6.07, 6.45) is 2.04. The lowest BCUT2D eigenvalue weighted by molar-refractivity contribution is 0.0875. The molecule has 0 fully saturated rings. The summed E-state index contributed by atoms with van der Waals surface area (Å²) >= 11 is 0. The molecule has 0 aliphatic carbocycles. The minimum Gasteiger partial charge on any atom is -0.503 e. The molecule has 1 aromatic rings. The van der Waals surface area contributed by atoms with Gasteiger partial charge in [-0.25, -0.2) is 4.98 Å². The van der Waals surface area contributed by atoms with Gasteiger partial charge >= 0.3 is 0 Å². The molecule has 1 aliphatic rings. The highest BCUT2D eigenvalue weighted by Crippen LogP contribution is 2.18. The molecule has 1 aromatic heterocycles. The van der Waals surface area contributed by atoms with Crippen molar-refractivity contribution in [2.45, 2.75) is 0 Å². The van der Waals surface area contributed by atoms with Crippen LogP contribution >= 0.6 is 0 Å². The SMILES string of the molecule is NC(=O)c1ncn(N2OC=C(CO)C(O)=C2O)n1. The zero-order chi connectivity index (χ0) is 13.3. The van der Waals surface area contributed by atoms with Crippen LogP contribution in [0.15, 0.2) is 29.8 Å². The van der Waals surface area contributed by atoms with E-state index < -0.39 is 24.2 Å². The first-order chi connectivity index (χ1) is 8.54. The first kappa shape index (κ1) is 11.7. The van der Waals surface area contributed by atoms with Gasteiger partial charge in [0.1, 0.15) is 12.6 Å². The molecule has 0 unspecified atom stereocenters. The largest absolute Gasteiger partial charge is 0.503 e. The second-order valence-corrected chi connectivity index (χ2v) is 3.20. The van der Waals surface area contributed by atoms with E-state index in [0.29, 0.717) is 5.17 Å². The molecule has 2 rings (SSSR count). The maximum Gasteiger partial charge on any atom is 0.290 e. The number of hydrogen-bond donors (Lipinski definition) is 4. The van der Waals surface area contributed by atoms with Crippen LogP contribution in [0.1, 0.15) is 10.6 Å². The number of nitrogens with two attached hydrogens (primary N) is 1. The minimum atomic E-state index is -0.856. The number of amides is 1. The fraction of sp³-hybridized carbons (Fsp3) is 0.125. The lowest BCUT2D eigenvalue weighted by Crippen LogP contribution is -2.36. The Hall–Kier alpha value is -2.75. The Morgan fingerprint density at radius 2 is 2.22 bits per heavy atom. The lowest BCUT2D eigenvalue weighted by atomic mass is 10.2. The molecule has 10 heteroatoms. The number of nitrogens with zero attached hydrogens (tertiary/aromatic N) is 4. The summed E-state index contributed by atoms with van der Waals surface area (Å²) in [4.78, 5) is 20.1. The molecular weight excluding hydrogens is 246 g/mol. The van der Waals surface area contributed by atoms with Crippen LogP contribution in [0.25, 0.3) is 0 Å².